The van der Waals surface area contributed by atoms with Gasteiger partial charge in [0.2, 0.25) is 0 Å². The van der Waals surface area contributed by atoms with Crippen LogP contribution in [0.15, 0.2) is 18.2 Å². The molecule has 0 heterocycles. The van der Waals surface area contributed by atoms with Crippen LogP contribution in [0.5, 0.6) is 5.75 Å². The van der Waals surface area contributed by atoms with Crippen molar-refractivity contribution in [2.45, 2.75) is 45.3 Å². The van der Waals surface area contributed by atoms with Gasteiger partial charge in [-0.25, -0.2) is 13.6 Å². The van der Waals surface area contributed by atoms with E-state index in [4.69, 9.17) is 9.84 Å². The second-order valence-corrected chi connectivity index (χ2v) is 4.88. The van der Waals surface area contributed by atoms with Crippen molar-refractivity contribution in [3.8, 4) is 5.75 Å². The van der Waals surface area contributed by atoms with Crippen LogP contribution < -0.4 is 10.1 Å². The highest BCUT2D eigenvalue weighted by molar-refractivity contribution is 5.86. The Morgan fingerprint density at radius 1 is 1.32 bits per heavy atom. The number of aliphatic carboxylic acids is 1. The smallest absolute Gasteiger partial charge is 0.326 e. The van der Waals surface area contributed by atoms with Crippen molar-refractivity contribution in [3.05, 3.63) is 29.8 Å². The lowest BCUT2D eigenvalue weighted by atomic mass is 10.1. The first-order chi connectivity index (χ1) is 10.3. The van der Waals surface area contributed by atoms with E-state index in [1.807, 2.05) is 6.92 Å². The van der Waals surface area contributed by atoms with E-state index in [1.54, 1.807) is 0 Å². The van der Waals surface area contributed by atoms with Gasteiger partial charge in [-0.1, -0.05) is 19.8 Å². The van der Waals surface area contributed by atoms with E-state index < -0.39 is 35.7 Å². The Morgan fingerprint density at radius 2 is 2.00 bits per heavy atom. The molecule has 0 spiro atoms. The molecule has 0 aliphatic heterocycles. The summed E-state index contributed by atoms with van der Waals surface area (Å²) in [4.78, 5) is 23.0. The summed E-state index contributed by atoms with van der Waals surface area (Å²) in [7, 11) is 0. The van der Waals surface area contributed by atoms with Gasteiger partial charge in [0.05, 0.1) is 0 Å². The maximum atomic E-state index is 13.1. The van der Waals surface area contributed by atoms with Gasteiger partial charge in [0.1, 0.15) is 11.8 Å². The van der Waals surface area contributed by atoms with Gasteiger partial charge >= 0.3 is 5.97 Å². The molecule has 1 unspecified atom stereocenters. The lowest BCUT2D eigenvalue weighted by molar-refractivity contribution is -0.143. The molecule has 2 atom stereocenters. The van der Waals surface area contributed by atoms with E-state index in [0.717, 1.165) is 18.6 Å². The molecule has 5 nitrogen and oxygen atoms in total. The number of hydrogen-bond donors (Lipinski definition) is 2. The van der Waals surface area contributed by atoms with Crippen LogP contribution in [0.4, 0.5) is 8.78 Å². The van der Waals surface area contributed by atoms with Gasteiger partial charge in [0.15, 0.2) is 17.7 Å². The van der Waals surface area contributed by atoms with E-state index in [0.29, 0.717) is 12.8 Å². The van der Waals surface area contributed by atoms with Crippen LogP contribution in [0.1, 0.15) is 33.1 Å². The van der Waals surface area contributed by atoms with E-state index in [2.05, 4.69) is 5.32 Å². The van der Waals surface area contributed by atoms with Gasteiger partial charge in [0.25, 0.3) is 5.91 Å². The van der Waals surface area contributed by atoms with Gasteiger partial charge < -0.3 is 15.2 Å². The van der Waals surface area contributed by atoms with Crippen molar-refractivity contribution in [1.29, 1.82) is 0 Å². The molecule has 122 valence electrons. The molecule has 0 saturated carbocycles. The maximum Gasteiger partial charge on any atom is 0.326 e. The zero-order chi connectivity index (χ0) is 16.7. The first-order valence-electron chi connectivity index (χ1n) is 7.00. The standard InChI is InChI=1S/C15H19F2NO4/c1-3-4-5-13(15(20)21)18-14(19)9(2)22-10-6-7-11(16)12(17)8-10/h6-9,13H,3-5H2,1-2H3,(H,18,19)(H,20,21)/t9?,13-/m0/s1. The second kappa shape index (κ2) is 8.31. The predicted octanol–water partition coefficient (Wildman–Crippen LogP) is 2.49. The number of carboxylic acids is 1. The van der Waals surface area contributed by atoms with Crippen molar-refractivity contribution in [3.63, 3.8) is 0 Å². The number of carboxylic acid groups (broad SMARTS) is 1. The molecule has 2 N–H and O–H groups in total. The molecule has 0 fully saturated rings. The number of hydrogen-bond acceptors (Lipinski definition) is 3. The Bertz CT molecular complexity index is 536. The van der Waals surface area contributed by atoms with Crippen molar-refractivity contribution in [1.82, 2.24) is 5.32 Å². The zero-order valence-electron chi connectivity index (χ0n) is 12.4. The first kappa shape index (κ1) is 17.9. The SMILES string of the molecule is CCCC[C@H](NC(=O)C(C)Oc1ccc(F)c(F)c1)C(=O)O. The summed E-state index contributed by atoms with van der Waals surface area (Å²) in [5.41, 5.74) is 0. The number of halogens is 2. The molecule has 1 rings (SSSR count). The van der Waals surface area contributed by atoms with E-state index in [-0.39, 0.29) is 5.75 Å². The lowest BCUT2D eigenvalue weighted by Crippen LogP contribution is -2.46. The second-order valence-electron chi connectivity index (χ2n) is 4.88. The number of rotatable bonds is 8. The molecular formula is C15H19F2NO4. The number of unbranched alkanes of at least 4 members (excludes halogenated alkanes) is 1. The minimum absolute atomic E-state index is 0.0121. The van der Waals surface area contributed by atoms with E-state index in [9.17, 15) is 18.4 Å². The first-order valence-corrected chi connectivity index (χ1v) is 7.00. The summed E-state index contributed by atoms with van der Waals surface area (Å²) in [5, 5.41) is 11.4. The Kier molecular flexibility index (Phi) is 6.75. The van der Waals surface area contributed by atoms with Crippen LogP contribution >= 0.6 is 0 Å². The minimum Gasteiger partial charge on any atom is -0.481 e. The molecule has 22 heavy (non-hydrogen) atoms. The summed E-state index contributed by atoms with van der Waals surface area (Å²) < 4.78 is 31.0. The number of nitrogens with one attached hydrogen (secondary N) is 1. The third kappa shape index (κ3) is 5.31. The Morgan fingerprint density at radius 3 is 2.55 bits per heavy atom. The van der Waals surface area contributed by atoms with Gasteiger partial charge in [-0.05, 0) is 25.5 Å². The number of benzene rings is 1. The monoisotopic (exact) mass is 315 g/mol. The summed E-state index contributed by atoms with van der Waals surface area (Å²) >= 11 is 0. The predicted molar refractivity (Wildman–Crippen MR) is 75.5 cm³/mol. The fourth-order valence-corrected chi connectivity index (χ4v) is 1.76. The normalized spacial score (nSPS) is 13.3. The molecule has 0 bridgehead atoms. The molecule has 0 radical (unpaired) electrons. The molecule has 0 aliphatic carbocycles. The molecule has 1 aromatic rings. The summed E-state index contributed by atoms with van der Waals surface area (Å²) in [6.07, 6.45) is 0.749. The molecule has 1 aromatic carbocycles. The summed E-state index contributed by atoms with van der Waals surface area (Å²) in [6, 6.07) is 1.90. The lowest BCUT2D eigenvalue weighted by Gasteiger charge is -2.18. The van der Waals surface area contributed by atoms with Gasteiger partial charge in [-0.3, -0.25) is 4.79 Å². The van der Waals surface area contributed by atoms with Crippen molar-refractivity contribution in [2.75, 3.05) is 0 Å². The highest BCUT2D eigenvalue weighted by Crippen LogP contribution is 2.17. The Hall–Kier alpha value is -2.18. The third-order valence-electron chi connectivity index (χ3n) is 3.03. The summed E-state index contributed by atoms with van der Waals surface area (Å²) in [5.74, 6) is -3.87. The zero-order valence-corrected chi connectivity index (χ0v) is 12.4. The topological polar surface area (TPSA) is 75.6 Å². The van der Waals surface area contributed by atoms with Crippen LogP contribution in [-0.4, -0.2) is 29.1 Å². The van der Waals surface area contributed by atoms with Crippen molar-refractivity contribution in [2.24, 2.45) is 0 Å². The largest absolute Gasteiger partial charge is 0.481 e. The molecule has 0 aliphatic rings. The highest BCUT2D eigenvalue weighted by Gasteiger charge is 2.23. The van der Waals surface area contributed by atoms with Gasteiger partial charge in [-0.15, -0.1) is 0 Å². The molecular weight excluding hydrogens is 296 g/mol. The fraction of sp³-hybridized carbons (Fsp3) is 0.467. The van der Waals surface area contributed by atoms with Crippen molar-refractivity contribution < 1.29 is 28.2 Å². The van der Waals surface area contributed by atoms with Crippen LogP contribution in [0.3, 0.4) is 0 Å². The van der Waals surface area contributed by atoms with Gasteiger partial charge in [-0.2, -0.15) is 0 Å². The quantitative estimate of drug-likeness (QED) is 0.773. The maximum absolute atomic E-state index is 13.1. The fourth-order valence-electron chi connectivity index (χ4n) is 1.76. The highest BCUT2D eigenvalue weighted by atomic mass is 19.2. The van der Waals surface area contributed by atoms with Crippen LogP contribution in [0, 0.1) is 11.6 Å². The molecule has 7 heteroatoms. The molecule has 0 saturated heterocycles. The third-order valence-corrected chi connectivity index (χ3v) is 3.03. The Balaban J connectivity index is 2.63. The minimum atomic E-state index is -1.12. The van der Waals surface area contributed by atoms with Crippen LogP contribution in [0.25, 0.3) is 0 Å². The average molecular weight is 315 g/mol. The van der Waals surface area contributed by atoms with Crippen LogP contribution in [0.2, 0.25) is 0 Å². The number of ether oxygens (including phenoxy) is 1. The number of carbonyl (C=O) groups is 2. The van der Waals surface area contributed by atoms with E-state index in [1.165, 1.54) is 13.0 Å². The average Bonchev–Trinajstić information content (AvgIpc) is 2.46. The molecule has 1 amide bonds. The Labute approximate surface area is 127 Å². The number of amides is 1. The summed E-state index contributed by atoms with van der Waals surface area (Å²) in [6.45, 7) is 3.31. The van der Waals surface area contributed by atoms with E-state index >= 15 is 0 Å². The van der Waals surface area contributed by atoms with Crippen LogP contribution in [-0.2, 0) is 9.59 Å². The molecule has 0 aromatic heterocycles. The number of carbonyl (C=O) groups excluding carboxylic acids is 1. The van der Waals surface area contributed by atoms with Gasteiger partial charge in [0, 0.05) is 6.07 Å². The van der Waals surface area contributed by atoms with Crippen molar-refractivity contribution >= 4 is 11.9 Å².